The molecular weight excluding hydrogens is 349 g/mol. The van der Waals surface area contributed by atoms with E-state index in [0.717, 1.165) is 16.9 Å². The number of hydrogen-bond acceptors (Lipinski definition) is 5. The van der Waals surface area contributed by atoms with Gasteiger partial charge in [0.25, 0.3) is 5.91 Å². The molecule has 3 aromatic heterocycles. The van der Waals surface area contributed by atoms with E-state index in [2.05, 4.69) is 25.5 Å². The average molecular weight is 365 g/mol. The minimum Gasteiger partial charge on any atom is -0.308 e. The predicted octanol–water partition coefficient (Wildman–Crippen LogP) is 3.09. The molecule has 8 nitrogen and oxygen atoms in total. The number of carbonyl (C=O) groups is 1. The number of amides is 1. The molecule has 0 saturated heterocycles. The molecule has 0 spiro atoms. The zero-order chi connectivity index (χ0) is 19.0. The Morgan fingerprint density at radius 2 is 2.04 bits per heavy atom. The molecule has 27 heavy (non-hydrogen) atoms. The van der Waals surface area contributed by atoms with Crippen LogP contribution in [0.25, 0.3) is 16.9 Å². The number of rotatable bonds is 4. The van der Waals surface area contributed by atoms with Crippen LogP contribution in [0.15, 0.2) is 42.6 Å². The van der Waals surface area contributed by atoms with Crippen LogP contribution in [0, 0.1) is 13.8 Å². The lowest BCUT2D eigenvalue weighted by atomic mass is 10.1. The van der Waals surface area contributed by atoms with Gasteiger partial charge in [-0.15, -0.1) is 0 Å². The number of anilines is 2. The number of halogens is 1. The Hall–Kier alpha value is -3.75. The van der Waals surface area contributed by atoms with Crippen molar-refractivity contribution in [3.05, 3.63) is 59.5 Å². The van der Waals surface area contributed by atoms with Crippen molar-refractivity contribution in [1.82, 2.24) is 30.1 Å². The fourth-order valence-electron chi connectivity index (χ4n) is 2.82. The van der Waals surface area contributed by atoms with Gasteiger partial charge in [-0.3, -0.25) is 14.3 Å². The Kier molecular flexibility index (Phi) is 4.03. The van der Waals surface area contributed by atoms with E-state index in [9.17, 15) is 9.28 Å². The molecule has 1 aromatic carbocycles. The first-order chi connectivity index (χ1) is 13.0. The highest BCUT2D eigenvalue weighted by atomic mass is 19.2. The third kappa shape index (κ3) is 3.22. The fourth-order valence-corrected chi connectivity index (χ4v) is 2.82. The van der Waals surface area contributed by atoms with E-state index in [0.29, 0.717) is 28.7 Å². The van der Waals surface area contributed by atoms with Crippen LogP contribution < -0.4 is 10.9 Å². The maximum atomic E-state index is 12.5. The summed E-state index contributed by atoms with van der Waals surface area (Å²) in [5.41, 5.74) is 5.04. The Labute approximate surface area is 153 Å². The number of fused-ring (bicyclic) bond motifs is 1. The number of nitrogens with zero attached hydrogens (tertiary/aromatic N) is 4. The molecule has 0 aliphatic heterocycles. The number of benzene rings is 1. The van der Waals surface area contributed by atoms with Gasteiger partial charge >= 0.3 is 0 Å². The second kappa shape index (κ2) is 6.52. The maximum Gasteiger partial charge on any atom is 0.278 e. The van der Waals surface area contributed by atoms with E-state index >= 15 is 0 Å². The van der Waals surface area contributed by atoms with Crippen LogP contribution >= 0.6 is 0 Å². The first-order valence-electron chi connectivity index (χ1n) is 8.20. The van der Waals surface area contributed by atoms with Crippen molar-refractivity contribution in [1.29, 1.82) is 0 Å². The molecule has 0 bridgehead atoms. The monoisotopic (exact) mass is 365 g/mol. The van der Waals surface area contributed by atoms with Crippen LogP contribution in [0.1, 0.15) is 21.7 Å². The summed E-state index contributed by atoms with van der Waals surface area (Å²) in [6.07, 6.45) is 1.86. The molecule has 0 aliphatic carbocycles. The predicted molar refractivity (Wildman–Crippen MR) is 98.3 cm³/mol. The molecule has 0 fully saturated rings. The molecule has 1 amide bonds. The normalized spacial score (nSPS) is 10.9. The number of carbonyl (C=O) groups excluding carboxylic acids is 1. The second-order valence-electron chi connectivity index (χ2n) is 6.14. The molecule has 136 valence electrons. The largest absolute Gasteiger partial charge is 0.308 e. The lowest BCUT2D eigenvalue weighted by Gasteiger charge is -2.09. The highest BCUT2D eigenvalue weighted by Gasteiger charge is 2.13. The number of hydrogen-bond donors (Lipinski definition) is 3. The van der Waals surface area contributed by atoms with Crippen molar-refractivity contribution in [2.45, 2.75) is 13.8 Å². The van der Waals surface area contributed by atoms with E-state index in [4.69, 9.17) is 0 Å². The van der Waals surface area contributed by atoms with Crippen LogP contribution in [0.3, 0.4) is 0 Å². The summed E-state index contributed by atoms with van der Waals surface area (Å²) in [5.74, 6) is 0.338. The van der Waals surface area contributed by atoms with E-state index in [1.54, 1.807) is 24.3 Å². The molecule has 0 saturated carbocycles. The fraction of sp³-hybridized carbons (Fsp3) is 0.111. The molecule has 0 aliphatic rings. The molecule has 0 atom stereocenters. The number of aromatic nitrogens is 5. The van der Waals surface area contributed by atoms with Crippen molar-refractivity contribution in [3.8, 4) is 11.3 Å². The van der Waals surface area contributed by atoms with Gasteiger partial charge < -0.3 is 5.32 Å². The Morgan fingerprint density at radius 3 is 2.78 bits per heavy atom. The lowest BCUT2D eigenvalue weighted by molar-refractivity contribution is 0.0859. The molecule has 4 rings (SSSR count). The van der Waals surface area contributed by atoms with Crippen LogP contribution in [0.4, 0.5) is 16.2 Å². The van der Waals surface area contributed by atoms with Gasteiger partial charge in [0.2, 0.25) is 5.95 Å². The number of H-pyrrole nitrogens is 1. The molecule has 9 heteroatoms. The first kappa shape index (κ1) is 16.7. The number of nitrogens with one attached hydrogen (secondary N) is 3. The second-order valence-corrected chi connectivity index (χ2v) is 6.14. The third-order valence-corrected chi connectivity index (χ3v) is 4.03. The summed E-state index contributed by atoms with van der Waals surface area (Å²) in [6, 6.07) is 10.2. The summed E-state index contributed by atoms with van der Waals surface area (Å²) in [5, 5.41) is 10.2. The molecule has 3 N–H and O–H groups in total. The Balaban J connectivity index is 1.83. The molecule has 0 unspecified atom stereocenters. The van der Waals surface area contributed by atoms with Crippen LogP contribution in [0.2, 0.25) is 0 Å². The van der Waals surface area contributed by atoms with Crippen molar-refractivity contribution >= 4 is 23.3 Å². The summed E-state index contributed by atoms with van der Waals surface area (Å²) in [7, 11) is 0. The van der Waals surface area contributed by atoms with Crippen LogP contribution in [0.5, 0.6) is 0 Å². The highest BCUT2D eigenvalue weighted by Crippen LogP contribution is 2.24. The van der Waals surface area contributed by atoms with Gasteiger partial charge in [-0.1, -0.05) is 16.6 Å². The average Bonchev–Trinajstić information content (AvgIpc) is 3.25. The smallest absolute Gasteiger partial charge is 0.278 e. The zero-order valence-corrected chi connectivity index (χ0v) is 14.6. The van der Waals surface area contributed by atoms with E-state index in [1.807, 2.05) is 30.5 Å². The third-order valence-electron chi connectivity index (χ3n) is 4.03. The van der Waals surface area contributed by atoms with Gasteiger partial charge in [0.1, 0.15) is 5.65 Å². The quantitative estimate of drug-likeness (QED) is 0.483. The standard InChI is InChI=1S/C18H16FN7O/c1-10-6-15(25-24-10)22-18-21-14(8-16-20-11(2)9-26(16)18)12-4-3-5-13(7-12)17(27)23-19/h3-9H,1-2H3,(H,23,27)(H2,21,22,24,25). The first-order valence-corrected chi connectivity index (χ1v) is 8.20. The van der Waals surface area contributed by atoms with Crippen molar-refractivity contribution in [3.63, 3.8) is 0 Å². The van der Waals surface area contributed by atoms with Gasteiger partial charge in [0.15, 0.2) is 5.82 Å². The Bertz CT molecular complexity index is 1150. The summed E-state index contributed by atoms with van der Waals surface area (Å²) < 4.78 is 14.3. The Morgan fingerprint density at radius 1 is 1.19 bits per heavy atom. The minimum atomic E-state index is -0.806. The number of aromatic amines is 1. The van der Waals surface area contributed by atoms with Crippen molar-refractivity contribution in [2.75, 3.05) is 5.32 Å². The SMILES string of the molecule is Cc1cn2c(Nc3cc(C)[nH]n3)nc(-c3cccc(C(=O)NF)c3)cc2n1. The van der Waals surface area contributed by atoms with Crippen LogP contribution in [-0.4, -0.2) is 30.5 Å². The summed E-state index contributed by atoms with van der Waals surface area (Å²) in [6.45, 7) is 3.79. The zero-order valence-electron chi connectivity index (χ0n) is 14.6. The van der Waals surface area contributed by atoms with Gasteiger partial charge in [-0.2, -0.15) is 10.6 Å². The van der Waals surface area contributed by atoms with Gasteiger partial charge in [0, 0.05) is 35.2 Å². The van der Waals surface area contributed by atoms with Gasteiger partial charge in [-0.05, 0) is 26.0 Å². The molecule has 4 aromatic rings. The minimum absolute atomic E-state index is 0.202. The molecular formula is C18H16FN7O. The van der Waals surface area contributed by atoms with E-state index in [-0.39, 0.29) is 5.56 Å². The van der Waals surface area contributed by atoms with Gasteiger partial charge in [0.05, 0.1) is 11.4 Å². The molecule has 0 radical (unpaired) electrons. The van der Waals surface area contributed by atoms with Gasteiger partial charge in [-0.25, -0.2) is 9.97 Å². The number of aryl methyl sites for hydroxylation is 2. The topological polar surface area (TPSA) is 100 Å². The summed E-state index contributed by atoms with van der Waals surface area (Å²) in [4.78, 5) is 20.7. The van der Waals surface area contributed by atoms with E-state index < -0.39 is 5.91 Å². The highest BCUT2D eigenvalue weighted by molar-refractivity contribution is 5.94. The van der Waals surface area contributed by atoms with Crippen LogP contribution in [-0.2, 0) is 0 Å². The maximum absolute atomic E-state index is 12.5. The lowest BCUT2D eigenvalue weighted by Crippen LogP contribution is -2.13. The summed E-state index contributed by atoms with van der Waals surface area (Å²) >= 11 is 0. The van der Waals surface area contributed by atoms with E-state index in [1.165, 1.54) is 6.07 Å². The van der Waals surface area contributed by atoms with Crippen molar-refractivity contribution in [2.24, 2.45) is 0 Å². The number of imidazole rings is 1. The van der Waals surface area contributed by atoms with Crippen molar-refractivity contribution < 1.29 is 9.28 Å². The molecule has 3 heterocycles.